The Kier molecular flexibility index (Phi) is 5.54. The van der Waals surface area contributed by atoms with Crippen LogP contribution < -0.4 is 20.5 Å². The summed E-state index contributed by atoms with van der Waals surface area (Å²) in [5, 5.41) is 2.75. The number of ether oxygens (including phenoxy) is 2. The van der Waals surface area contributed by atoms with Gasteiger partial charge in [0.2, 0.25) is 29.6 Å². The minimum Gasteiger partial charge on any atom is -0.481 e. The van der Waals surface area contributed by atoms with Crippen LogP contribution in [0.4, 0.5) is 11.9 Å². The molecule has 27 heavy (non-hydrogen) atoms. The maximum atomic E-state index is 12.7. The fourth-order valence-electron chi connectivity index (χ4n) is 2.22. The zero-order chi connectivity index (χ0) is 19.4. The van der Waals surface area contributed by atoms with Crippen LogP contribution in [0.3, 0.4) is 0 Å². The van der Waals surface area contributed by atoms with Crippen LogP contribution in [0.5, 0.6) is 11.8 Å². The van der Waals surface area contributed by atoms with Crippen LogP contribution in [0.25, 0.3) is 11.2 Å². The number of methoxy groups -OCH3 is 2. The summed E-state index contributed by atoms with van der Waals surface area (Å²) in [6.45, 7) is 1.89. The maximum absolute atomic E-state index is 12.7. The summed E-state index contributed by atoms with van der Waals surface area (Å²) >= 11 is 1.25. The monoisotopic (exact) mass is 390 g/mol. The third-order valence-electron chi connectivity index (χ3n) is 3.52. The lowest BCUT2D eigenvalue weighted by Crippen LogP contribution is -2.26. The van der Waals surface area contributed by atoms with Crippen molar-refractivity contribution in [3.8, 4) is 11.8 Å². The standard InChI is InChI=1S/C15H18N8O3S/c1-4-7(27-13-10-11(18-6-17-10)21-14(16)23-13)12(24)22-15-19-8(25-2)5-9(20-15)26-3/h5-7H,4H2,1-3H3,(H,19,20,22,24)(H3,16,17,18,21,23)/t7-/m1/s1. The predicted octanol–water partition coefficient (Wildman–Crippen LogP) is 1.25. The van der Waals surface area contributed by atoms with E-state index in [0.717, 1.165) is 0 Å². The molecule has 0 saturated heterocycles. The number of aromatic nitrogens is 6. The first-order valence-electron chi connectivity index (χ1n) is 7.95. The molecule has 3 aromatic rings. The topological polar surface area (TPSA) is 154 Å². The lowest BCUT2D eigenvalue weighted by molar-refractivity contribution is -0.115. The van der Waals surface area contributed by atoms with Gasteiger partial charge in [0.15, 0.2) is 5.65 Å². The van der Waals surface area contributed by atoms with Crippen LogP contribution in [-0.4, -0.2) is 55.3 Å². The van der Waals surface area contributed by atoms with Crippen LogP contribution in [0.15, 0.2) is 17.4 Å². The number of nitrogens with one attached hydrogen (secondary N) is 2. The third-order valence-corrected chi connectivity index (χ3v) is 4.87. The number of hydrogen-bond donors (Lipinski definition) is 3. The van der Waals surface area contributed by atoms with Gasteiger partial charge in [-0.1, -0.05) is 18.7 Å². The number of fused-ring (bicyclic) bond motifs is 1. The minimum atomic E-state index is -0.466. The summed E-state index contributed by atoms with van der Waals surface area (Å²) in [5.74, 6) is 0.446. The first-order chi connectivity index (χ1) is 13.0. The lowest BCUT2D eigenvalue weighted by Gasteiger charge is -2.14. The fraction of sp³-hybridized carbons (Fsp3) is 0.333. The van der Waals surface area contributed by atoms with Crippen molar-refractivity contribution in [1.29, 1.82) is 0 Å². The quantitative estimate of drug-likeness (QED) is 0.396. The largest absolute Gasteiger partial charge is 0.481 e. The van der Waals surface area contributed by atoms with E-state index in [4.69, 9.17) is 15.2 Å². The summed E-state index contributed by atoms with van der Waals surface area (Å²) in [4.78, 5) is 36.2. The molecule has 142 valence electrons. The zero-order valence-corrected chi connectivity index (χ0v) is 15.7. The molecule has 0 radical (unpaired) electrons. The van der Waals surface area contributed by atoms with Crippen LogP contribution in [0.1, 0.15) is 13.3 Å². The van der Waals surface area contributed by atoms with Gasteiger partial charge in [0.25, 0.3) is 0 Å². The maximum Gasteiger partial charge on any atom is 0.240 e. The van der Waals surface area contributed by atoms with Gasteiger partial charge in [-0.05, 0) is 6.42 Å². The van der Waals surface area contributed by atoms with E-state index >= 15 is 0 Å². The second-order valence-corrected chi connectivity index (χ2v) is 6.46. The summed E-state index contributed by atoms with van der Waals surface area (Å²) in [6, 6.07) is 1.51. The molecule has 0 aromatic carbocycles. The number of thioether (sulfide) groups is 1. The molecule has 1 amide bonds. The summed E-state index contributed by atoms with van der Waals surface area (Å²) in [7, 11) is 2.93. The van der Waals surface area contributed by atoms with Crippen molar-refractivity contribution in [3.63, 3.8) is 0 Å². The Morgan fingerprint density at radius 3 is 2.59 bits per heavy atom. The molecule has 0 spiro atoms. The average Bonchev–Trinajstić information content (AvgIpc) is 3.13. The SMILES string of the molecule is CC[C@@H](Sc1nc(N)nc2nc[nH]c12)C(=O)Nc1nc(OC)cc(OC)n1. The highest BCUT2D eigenvalue weighted by Crippen LogP contribution is 2.29. The molecule has 3 heterocycles. The summed E-state index contributed by atoms with van der Waals surface area (Å²) < 4.78 is 10.2. The molecule has 11 nitrogen and oxygen atoms in total. The highest BCUT2D eigenvalue weighted by Gasteiger charge is 2.22. The van der Waals surface area contributed by atoms with E-state index < -0.39 is 5.25 Å². The molecule has 0 aliphatic carbocycles. The van der Waals surface area contributed by atoms with Crippen molar-refractivity contribution in [3.05, 3.63) is 12.4 Å². The Hall–Kier alpha value is -3.15. The molecule has 0 saturated carbocycles. The second kappa shape index (κ2) is 8.03. The van der Waals surface area contributed by atoms with Gasteiger partial charge in [-0.2, -0.15) is 15.0 Å². The molecule has 3 aromatic heterocycles. The van der Waals surface area contributed by atoms with Crippen molar-refractivity contribution in [2.45, 2.75) is 23.6 Å². The zero-order valence-electron chi connectivity index (χ0n) is 14.9. The number of nitrogens with two attached hydrogens (primary N) is 1. The molecule has 0 fully saturated rings. The fourth-order valence-corrected chi connectivity index (χ4v) is 3.24. The lowest BCUT2D eigenvalue weighted by atomic mass is 10.3. The number of nitrogens with zero attached hydrogens (tertiary/aromatic N) is 5. The van der Waals surface area contributed by atoms with E-state index in [0.29, 0.717) is 22.6 Å². The first-order valence-corrected chi connectivity index (χ1v) is 8.83. The van der Waals surface area contributed by atoms with Gasteiger partial charge in [0.05, 0.1) is 31.9 Å². The van der Waals surface area contributed by atoms with E-state index in [9.17, 15) is 4.79 Å². The summed E-state index contributed by atoms with van der Waals surface area (Å²) in [6.07, 6.45) is 2.04. The van der Waals surface area contributed by atoms with Crippen LogP contribution in [0.2, 0.25) is 0 Å². The number of carbonyl (C=O) groups is 1. The highest BCUT2D eigenvalue weighted by molar-refractivity contribution is 8.00. The number of rotatable bonds is 7. The van der Waals surface area contributed by atoms with Gasteiger partial charge < -0.3 is 20.2 Å². The number of imidazole rings is 1. The normalized spacial score (nSPS) is 12.0. The van der Waals surface area contributed by atoms with E-state index in [1.54, 1.807) is 0 Å². The molecule has 0 aliphatic heterocycles. The Labute approximate surface area is 158 Å². The Balaban J connectivity index is 1.81. The average molecular weight is 390 g/mol. The van der Waals surface area contributed by atoms with Gasteiger partial charge in [-0.3, -0.25) is 10.1 Å². The van der Waals surface area contributed by atoms with Crippen molar-refractivity contribution < 1.29 is 14.3 Å². The predicted molar refractivity (Wildman–Crippen MR) is 99.8 cm³/mol. The molecule has 0 unspecified atom stereocenters. The molecule has 12 heteroatoms. The van der Waals surface area contributed by atoms with Crippen LogP contribution in [-0.2, 0) is 4.79 Å². The third kappa shape index (κ3) is 4.16. The number of carbonyl (C=O) groups excluding carboxylic acids is 1. The Bertz CT molecular complexity index is 941. The number of hydrogen-bond acceptors (Lipinski definition) is 10. The van der Waals surface area contributed by atoms with Crippen LogP contribution >= 0.6 is 11.8 Å². The number of nitrogen functional groups attached to an aromatic ring is 1. The minimum absolute atomic E-state index is 0.0872. The molecule has 4 N–H and O–H groups in total. The molecule has 0 bridgehead atoms. The van der Waals surface area contributed by atoms with E-state index in [-0.39, 0.29) is 29.6 Å². The van der Waals surface area contributed by atoms with Crippen molar-refractivity contribution >= 4 is 40.7 Å². The van der Waals surface area contributed by atoms with Gasteiger partial charge >= 0.3 is 0 Å². The molecule has 3 rings (SSSR count). The van der Waals surface area contributed by atoms with Crippen molar-refractivity contribution in [1.82, 2.24) is 29.9 Å². The van der Waals surface area contributed by atoms with E-state index in [1.807, 2.05) is 6.92 Å². The Morgan fingerprint density at radius 1 is 1.26 bits per heavy atom. The molecular formula is C15H18N8O3S. The van der Waals surface area contributed by atoms with Gasteiger partial charge in [0.1, 0.15) is 10.5 Å². The Morgan fingerprint density at radius 2 is 1.96 bits per heavy atom. The van der Waals surface area contributed by atoms with Gasteiger partial charge in [-0.25, -0.2) is 9.97 Å². The molecule has 0 aliphatic rings. The molecular weight excluding hydrogens is 372 g/mol. The summed E-state index contributed by atoms with van der Waals surface area (Å²) in [5.41, 5.74) is 6.80. The number of amides is 1. The first kappa shape index (κ1) is 18.6. The van der Waals surface area contributed by atoms with Crippen molar-refractivity contribution in [2.24, 2.45) is 0 Å². The number of aromatic amines is 1. The number of anilines is 2. The molecule has 1 atom stereocenters. The van der Waals surface area contributed by atoms with E-state index in [1.165, 1.54) is 38.4 Å². The van der Waals surface area contributed by atoms with E-state index in [2.05, 4.69) is 35.2 Å². The smallest absolute Gasteiger partial charge is 0.240 e. The second-order valence-electron chi connectivity index (χ2n) is 5.27. The van der Waals surface area contributed by atoms with Gasteiger partial charge in [0, 0.05) is 0 Å². The highest BCUT2D eigenvalue weighted by atomic mass is 32.2. The van der Waals surface area contributed by atoms with Crippen molar-refractivity contribution in [2.75, 3.05) is 25.3 Å². The number of H-pyrrole nitrogens is 1. The van der Waals surface area contributed by atoms with Gasteiger partial charge in [-0.15, -0.1) is 0 Å². The van der Waals surface area contributed by atoms with Crippen LogP contribution in [0, 0.1) is 0 Å².